The highest BCUT2D eigenvalue weighted by Gasteiger charge is 2.17. The van der Waals surface area contributed by atoms with Crippen molar-refractivity contribution in [3.05, 3.63) is 23.3 Å². The van der Waals surface area contributed by atoms with Crippen LogP contribution >= 0.6 is 0 Å². The van der Waals surface area contributed by atoms with Crippen molar-refractivity contribution < 1.29 is 9.47 Å². The number of rotatable bonds is 3. The van der Waals surface area contributed by atoms with Crippen LogP contribution < -0.4 is 15.2 Å². The van der Waals surface area contributed by atoms with Crippen LogP contribution in [-0.4, -0.2) is 19.8 Å². The molecule has 1 heterocycles. The van der Waals surface area contributed by atoms with Crippen molar-refractivity contribution in [2.24, 2.45) is 5.73 Å². The number of hydrogen-bond acceptors (Lipinski definition) is 3. The minimum atomic E-state index is 0.645. The number of ether oxygens (including phenoxy) is 2. The van der Waals surface area contributed by atoms with Crippen LogP contribution in [0.25, 0.3) is 0 Å². The summed E-state index contributed by atoms with van der Waals surface area (Å²) in [7, 11) is 0. The molecule has 1 aromatic rings. The van der Waals surface area contributed by atoms with Crippen molar-refractivity contribution in [1.82, 2.24) is 0 Å². The lowest BCUT2D eigenvalue weighted by Gasteiger charge is -2.22. The van der Waals surface area contributed by atoms with Crippen LogP contribution in [-0.2, 0) is 12.8 Å². The van der Waals surface area contributed by atoms with Crippen LogP contribution in [0.4, 0.5) is 0 Å². The zero-order valence-electron chi connectivity index (χ0n) is 9.08. The van der Waals surface area contributed by atoms with E-state index >= 15 is 0 Å². The third-order valence-corrected chi connectivity index (χ3v) is 2.68. The zero-order chi connectivity index (χ0) is 10.7. The Labute approximate surface area is 90.2 Å². The monoisotopic (exact) mass is 207 g/mol. The van der Waals surface area contributed by atoms with E-state index in [4.69, 9.17) is 15.2 Å². The quantitative estimate of drug-likeness (QED) is 0.817. The van der Waals surface area contributed by atoms with Gasteiger partial charge in [-0.05, 0) is 31.0 Å². The maximum atomic E-state index is 5.67. The molecule has 3 heteroatoms. The van der Waals surface area contributed by atoms with Gasteiger partial charge in [0.25, 0.3) is 0 Å². The number of fused-ring (bicyclic) bond motifs is 1. The number of nitrogens with two attached hydrogens (primary N) is 1. The average Bonchev–Trinajstić information content (AvgIpc) is 2.29. The van der Waals surface area contributed by atoms with E-state index in [1.807, 2.05) is 6.07 Å². The Morgan fingerprint density at radius 1 is 1.27 bits per heavy atom. The van der Waals surface area contributed by atoms with Crippen molar-refractivity contribution in [1.29, 1.82) is 0 Å². The summed E-state index contributed by atoms with van der Waals surface area (Å²) in [4.78, 5) is 0. The van der Waals surface area contributed by atoms with Gasteiger partial charge in [-0.3, -0.25) is 0 Å². The first-order chi connectivity index (χ1) is 7.36. The van der Waals surface area contributed by atoms with Crippen molar-refractivity contribution in [2.75, 3.05) is 19.8 Å². The molecule has 1 aliphatic heterocycles. The molecule has 0 aromatic heterocycles. The summed E-state index contributed by atoms with van der Waals surface area (Å²) in [6.07, 6.45) is 1.86. The van der Waals surface area contributed by atoms with Crippen molar-refractivity contribution in [3.63, 3.8) is 0 Å². The fourth-order valence-corrected chi connectivity index (χ4v) is 1.99. The van der Waals surface area contributed by atoms with Crippen LogP contribution in [0.3, 0.4) is 0 Å². The Kier molecular flexibility index (Phi) is 3.11. The average molecular weight is 207 g/mol. The third-order valence-electron chi connectivity index (χ3n) is 2.68. The number of benzene rings is 1. The highest BCUT2D eigenvalue weighted by atomic mass is 16.6. The van der Waals surface area contributed by atoms with E-state index < -0.39 is 0 Å². The van der Waals surface area contributed by atoms with Gasteiger partial charge < -0.3 is 15.2 Å². The zero-order valence-corrected chi connectivity index (χ0v) is 9.08. The lowest BCUT2D eigenvalue weighted by molar-refractivity contribution is 0.170. The molecule has 0 saturated carbocycles. The van der Waals surface area contributed by atoms with Gasteiger partial charge in [-0.15, -0.1) is 0 Å². The summed E-state index contributed by atoms with van der Waals surface area (Å²) in [6, 6.07) is 4.08. The summed E-state index contributed by atoms with van der Waals surface area (Å²) < 4.78 is 11.2. The van der Waals surface area contributed by atoms with Gasteiger partial charge in [-0.25, -0.2) is 0 Å². The second-order valence-electron chi connectivity index (χ2n) is 3.62. The molecule has 0 fully saturated rings. The second kappa shape index (κ2) is 4.53. The van der Waals surface area contributed by atoms with Gasteiger partial charge in [0.1, 0.15) is 13.2 Å². The van der Waals surface area contributed by atoms with Gasteiger partial charge in [0, 0.05) is 5.56 Å². The standard InChI is InChI=1S/C12H17NO2/c1-2-10-9(5-6-13)3-4-11-12(10)15-8-7-14-11/h3-4H,2,5-8,13H2,1H3. The van der Waals surface area contributed by atoms with Gasteiger partial charge in [0.05, 0.1) is 0 Å². The maximum absolute atomic E-state index is 5.67. The molecule has 15 heavy (non-hydrogen) atoms. The predicted molar refractivity (Wildman–Crippen MR) is 59.6 cm³/mol. The van der Waals surface area contributed by atoms with Crippen molar-refractivity contribution in [2.45, 2.75) is 19.8 Å². The normalized spacial score (nSPS) is 14.0. The smallest absolute Gasteiger partial charge is 0.164 e. The molecule has 0 bridgehead atoms. The molecule has 2 N–H and O–H groups in total. The molecule has 0 radical (unpaired) electrons. The lowest BCUT2D eigenvalue weighted by atomic mass is 10.0. The molecule has 0 saturated heterocycles. The molecule has 1 aromatic carbocycles. The molecule has 1 aliphatic rings. The van der Waals surface area contributed by atoms with E-state index in [1.165, 1.54) is 11.1 Å². The first-order valence-corrected chi connectivity index (χ1v) is 5.47. The van der Waals surface area contributed by atoms with Crippen LogP contribution in [0.5, 0.6) is 11.5 Å². The Morgan fingerprint density at radius 3 is 2.80 bits per heavy atom. The van der Waals surface area contributed by atoms with E-state index in [0.29, 0.717) is 19.8 Å². The maximum Gasteiger partial charge on any atom is 0.164 e. The topological polar surface area (TPSA) is 44.5 Å². The minimum Gasteiger partial charge on any atom is -0.486 e. The van der Waals surface area contributed by atoms with Crippen LogP contribution in [0.2, 0.25) is 0 Å². The van der Waals surface area contributed by atoms with E-state index in [-0.39, 0.29) is 0 Å². The summed E-state index contributed by atoms with van der Waals surface area (Å²) in [6.45, 7) is 4.10. The van der Waals surface area contributed by atoms with E-state index in [1.54, 1.807) is 0 Å². The van der Waals surface area contributed by atoms with Crippen LogP contribution in [0, 0.1) is 0 Å². The molecule has 3 nitrogen and oxygen atoms in total. The highest BCUT2D eigenvalue weighted by Crippen LogP contribution is 2.36. The second-order valence-corrected chi connectivity index (χ2v) is 3.62. The lowest BCUT2D eigenvalue weighted by Crippen LogP contribution is -2.17. The van der Waals surface area contributed by atoms with E-state index in [9.17, 15) is 0 Å². The largest absolute Gasteiger partial charge is 0.486 e. The minimum absolute atomic E-state index is 0.645. The summed E-state index contributed by atoms with van der Waals surface area (Å²) in [5.74, 6) is 1.80. The molecule has 0 unspecified atom stereocenters. The number of hydrogen-bond donors (Lipinski definition) is 1. The summed E-state index contributed by atoms with van der Waals surface area (Å²) in [5.41, 5.74) is 8.12. The Morgan fingerprint density at radius 2 is 2.07 bits per heavy atom. The molecule has 82 valence electrons. The molecule has 0 aliphatic carbocycles. The van der Waals surface area contributed by atoms with Crippen LogP contribution in [0.15, 0.2) is 12.1 Å². The van der Waals surface area contributed by atoms with E-state index in [0.717, 1.165) is 24.3 Å². The van der Waals surface area contributed by atoms with Gasteiger partial charge in [-0.1, -0.05) is 13.0 Å². The summed E-state index contributed by atoms with van der Waals surface area (Å²) in [5, 5.41) is 0. The summed E-state index contributed by atoms with van der Waals surface area (Å²) >= 11 is 0. The fourth-order valence-electron chi connectivity index (χ4n) is 1.99. The van der Waals surface area contributed by atoms with Gasteiger partial charge in [0.15, 0.2) is 11.5 Å². The Balaban J connectivity index is 2.42. The van der Waals surface area contributed by atoms with Crippen molar-refractivity contribution >= 4 is 0 Å². The van der Waals surface area contributed by atoms with Gasteiger partial charge >= 0.3 is 0 Å². The molecule has 0 spiro atoms. The molecule has 0 atom stereocenters. The van der Waals surface area contributed by atoms with Gasteiger partial charge in [0.2, 0.25) is 0 Å². The first kappa shape index (κ1) is 10.3. The Bertz CT molecular complexity index is 350. The molecule has 2 rings (SSSR count). The Hall–Kier alpha value is -1.22. The highest BCUT2D eigenvalue weighted by molar-refractivity contribution is 5.51. The fraction of sp³-hybridized carbons (Fsp3) is 0.500. The van der Waals surface area contributed by atoms with Crippen molar-refractivity contribution in [3.8, 4) is 11.5 Å². The predicted octanol–water partition coefficient (Wildman–Crippen LogP) is 1.52. The third kappa shape index (κ3) is 1.92. The SMILES string of the molecule is CCc1c(CCN)ccc2c1OCCO2. The van der Waals surface area contributed by atoms with Crippen LogP contribution in [0.1, 0.15) is 18.1 Å². The molecule has 0 amide bonds. The molecular formula is C12H17NO2. The van der Waals surface area contributed by atoms with E-state index in [2.05, 4.69) is 13.0 Å². The molecular weight excluding hydrogens is 190 g/mol. The first-order valence-electron chi connectivity index (χ1n) is 5.47. The van der Waals surface area contributed by atoms with Gasteiger partial charge in [-0.2, -0.15) is 0 Å².